The van der Waals surface area contributed by atoms with Crippen LogP contribution in [0.4, 0.5) is 9.59 Å². The lowest BCUT2D eigenvalue weighted by atomic mass is 10.3. The van der Waals surface area contributed by atoms with E-state index < -0.39 is 27.2 Å². The lowest BCUT2D eigenvalue weighted by molar-refractivity contribution is 0.236. The summed E-state index contributed by atoms with van der Waals surface area (Å²) in [5.41, 5.74) is 0. The Labute approximate surface area is 135 Å². The molecule has 23 heavy (non-hydrogen) atoms. The molecule has 10 nitrogen and oxygen atoms in total. The average Bonchev–Trinajstić information content (AvgIpc) is 2.97. The minimum atomic E-state index is -4.29. The van der Waals surface area contributed by atoms with Crippen molar-refractivity contribution in [1.29, 1.82) is 0 Å². The molecule has 0 aromatic carbocycles. The lowest BCUT2D eigenvalue weighted by Gasteiger charge is -2.09. The third-order valence-corrected chi connectivity index (χ3v) is 4.01. The molecule has 0 aliphatic rings. The summed E-state index contributed by atoms with van der Waals surface area (Å²) in [5.74, 6) is 0. The van der Waals surface area contributed by atoms with Crippen LogP contribution in [0.1, 0.15) is 39.5 Å². The number of amides is 3. The van der Waals surface area contributed by atoms with Crippen LogP contribution in [-0.2, 0) is 10.0 Å². The van der Waals surface area contributed by atoms with Crippen LogP contribution in [-0.4, -0.2) is 48.3 Å². The second-order valence-corrected chi connectivity index (χ2v) is 6.33. The van der Waals surface area contributed by atoms with Crippen molar-refractivity contribution in [1.82, 2.24) is 30.1 Å². The standard InChI is InChI=1S/C12H22N6O4S/c1-3-5-7-13-10(19)17-23(21,22)12-15-9-16-18(12)11(20)14-8-6-4-2/h9H,3-8H2,1-2H3,(H,14,20)(H2,13,17,19). The molecule has 3 amide bonds. The monoisotopic (exact) mass is 346 g/mol. The Morgan fingerprint density at radius 2 is 1.74 bits per heavy atom. The summed E-state index contributed by atoms with van der Waals surface area (Å²) in [6, 6.07) is -1.60. The number of sulfonamides is 1. The van der Waals surface area contributed by atoms with Crippen LogP contribution in [0.2, 0.25) is 0 Å². The van der Waals surface area contributed by atoms with Gasteiger partial charge in [0, 0.05) is 13.1 Å². The fraction of sp³-hybridized carbons (Fsp3) is 0.667. The molecule has 1 aromatic rings. The second kappa shape index (κ2) is 9.08. The molecule has 0 fully saturated rings. The molecule has 1 rings (SSSR count). The maximum Gasteiger partial charge on any atom is 0.344 e. The van der Waals surface area contributed by atoms with Crippen molar-refractivity contribution in [2.45, 2.75) is 44.7 Å². The number of rotatable bonds is 8. The van der Waals surface area contributed by atoms with Gasteiger partial charge in [-0.1, -0.05) is 26.7 Å². The zero-order valence-corrected chi connectivity index (χ0v) is 14.0. The van der Waals surface area contributed by atoms with E-state index in [0.29, 0.717) is 17.8 Å². The Kier molecular flexibility index (Phi) is 7.45. The number of unbranched alkanes of at least 4 members (excludes halogenated alkanes) is 2. The normalized spacial score (nSPS) is 11.0. The first-order chi connectivity index (χ1) is 10.9. The van der Waals surface area contributed by atoms with E-state index in [2.05, 4.69) is 20.7 Å². The van der Waals surface area contributed by atoms with Gasteiger partial charge < -0.3 is 10.6 Å². The summed E-state index contributed by atoms with van der Waals surface area (Å²) in [4.78, 5) is 27.0. The zero-order chi connectivity index (χ0) is 17.3. The SMILES string of the molecule is CCCCNC(=O)NS(=O)(=O)c1ncnn1C(=O)NCCCC. The highest BCUT2D eigenvalue weighted by Gasteiger charge is 2.26. The minimum absolute atomic E-state index is 0.349. The average molecular weight is 346 g/mol. The number of carbonyl (C=O) groups excluding carboxylic acids is 2. The first-order valence-electron chi connectivity index (χ1n) is 7.41. The number of aromatic nitrogens is 3. The summed E-state index contributed by atoms with van der Waals surface area (Å²) in [6.07, 6.45) is 4.15. The van der Waals surface area contributed by atoms with Crippen molar-refractivity contribution in [2.75, 3.05) is 13.1 Å². The Balaban J connectivity index is 2.75. The van der Waals surface area contributed by atoms with E-state index in [1.807, 2.05) is 13.8 Å². The lowest BCUT2D eigenvalue weighted by Crippen LogP contribution is -2.42. The molecular formula is C12H22N6O4S. The van der Waals surface area contributed by atoms with Crippen molar-refractivity contribution in [2.24, 2.45) is 0 Å². The predicted octanol–water partition coefficient (Wildman–Crippen LogP) is 0.424. The van der Waals surface area contributed by atoms with Crippen molar-refractivity contribution >= 4 is 22.1 Å². The molecule has 0 saturated heterocycles. The number of nitrogens with zero attached hydrogens (tertiary/aromatic N) is 3. The Morgan fingerprint density at radius 1 is 1.13 bits per heavy atom. The fourth-order valence-corrected chi connectivity index (χ4v) is 2.53. The van der Waals surface area contributed by atoms with E-state index in [1.165, 1.54) is 0 Å². The molecule has 0 radical (unpaired) electrons. The van der Waals surface area contributed by atoms with Crippen molar-refractivity contribution < 1.29 is 18.0 Å². The maximum absolute atomic E-state index is 12.1. The van der Waals surface area contributed by atoms with Gasteiger partial charge in [-0.25, -0.2) is 19.3 Å². The van der Waals surface area contributed by atoms with Gasteiger partial charge >= 0.3 is 22.1 Å². The van der Waals surface area contributed by atoms with Crippen LogP contribution in [0.5, 0.6) is 0 Å². The molecule has 130 valence electrons. The Morgan fingerprint density at radius 3 is 2.35 bits per heavy atom. The number of carbonyl (C=O) groups is 2. The molecule has 0 saturated carbocycles. The van der Waals surface area contributed by atoms with E-state index in [1.54, 1.807) is 4.72 Å². The van der Waals surface area contributed by atoms with E-state index in [0.717, 1.165) is 32.0 Å². The van der Waals surface area contributed by atoms with E-state index in [9.17, 15) is 18.0 Å². The third-order valence-electron chi connectivity index (χ3n) is 2.80. The Hall–Kier alpha value is -2.17. The van der Waals surface area contributed by atoms with Crippen LogP contribution in [0.25, 0.3) is 0 Å². The maximum atomic E-state index is 12.1. The van der Waals surface area contributed by atoms with Crippen LogP contribution in [0.15, 0.2) is 11.5 Å². The van der Waals surface area contributed by atoms with E-state index in [4.69, 9.17) is 0 Å². The van der Waals surface area contributed by atoms with Crippen molar-refractivity contribution in [3.8, 4) is 0 Å². The quantitative estimate of drug-likeness (QED) is 0.584. The molecule has 0 aliphatic carbocycles. The minimum Gasteiger partial charge on any atom is -0.337 e. The topological polar surface area (TPSA) is 135 Å². The summed E-state index contributed by atoms with van der Waals surface area (Å²) in [5, 5.41) is 7.87. The van der Waals surface area contributed by atoms with Gasteiger partial charge in [0.1, 0.15) is 6.33 Å². The number of urea groups is 1. The molecule has 0 aliphatic heterocycles. The highest BCUT2D eigenvalue weighted by atomic mass is 32.2. The number of nitrogens with one attached hydrogen (secondary N) is 3. The van der Waals surface area contributed by atoms with Crippen LogP contribution >= 0.6 is 0 Å². The molecular weight excluding hydrogens is 324 g/mol. The summed E-state index contributed by atoms with van der Waals surface area (Å²) in [7, 11) is -4.29. The summed E-state index contributed by atoms with van der Waals surface area (Å²) in [6.45, 7) is 4.64. The van der Waals surface area contributed by atoms with Gasteiger partial charge in [0.25, 0.3) is 5.16 Å². The van der Waals surface area contributed by atoms with Gasteiger partial charge in [0.2, 0.25) is 0 Å². The van der Waals surface area contributed by atoms with E-state index >= 15 is 0 Å². The van der Waals surface area contributed by atoms with Gasteiger partial charge in [-0.15, -0.1) is 9.78 Å². The summed E-state index contributed by atoms with van der Waals surface area (Å²) < 4.78 is 26.6. The molecule has 11 heteroatoms. The largest absolute Gasteiger partial charge is 0.344 e. The fourth-order valence-electron chi connectivity index (χ4n) is 1.58. The van der Waals surface area contributed by atoms with Crippen LogP contribution < -0.4 is 15.4 Å². The van der Waals surface area contributed by atoms with Crippen molar-refractivity contribution in [3.05, 3.63) is 6.33 Å². The van der Waals surface area contributed by atoms with Crippen LogP contribution in [0.3, 0.4) is 0 Å². The van der Waals surface area contributed by atoms with Gasteiger partial charge in [0.05, 0.1) is 0 Å². The van der Waals surface area contributed by atoms with E-state index in [-0.39, 0.29) is 0 Å². The van der Waals surface area contributed by atoms with Gasteiger partial charge in [-0.3, -0.25) is 0 Å². The Bertz CT molecular complexity index is 627. The molecule has 0 atom stereocenters. The van der Waals surface area contributed by atoms with Gasteiger partial charge in [0.15, 0.2) is 0 Å². The van der Waals surface area contributed by atoms with Gasteiger partial charge in [-0.2, -0.15) is 8.42 Å². The smallest absolute Gasteiger partial charge is 0.337 e. The summed E-state index contributed by atoms with van der Waals surface area (Å²) >= 11 is 0. The second-order valence-electron chi connectivity index (χ2n) is 4.75. The number of hydrogen-bond donors (Lipinski definition) is 3. The van der Waals surface area contributed by atoms with Gasteiger partial charge in [-0.05, 0) is 12.8 Å². The molecule has 1 aromatic heterocycles. The molecule has 0 unspecified atom stereocenters. The molecule has 3 N–H and O–H groups in total. The molecule has 0 bridgehead atoms. The predicted molar refractivity (Wildman–Crippen MR) is 82.4 cm³/mol. The highest BCUT2D eigenvalue weighted by Crippen LogP contribution is 2.03. The first kappa shape index (κ1) is 18.9. The molecule has 1 heterocycles. The van der Waals surface area contributed by atoms with Crippen LogP contribution in [0, 0.1) is 0 Å². The zero-order valence-electron chi connectivity index (χ0n) is 13.2. The molecule has 0 spiro atoms. The third kappa shape index (κ3) is 5.85. The highest BCUT2D eigenvalue weighted by molar-refractivity contribution is 7.89. The number of hydrogen-bond acceptors (Lipinski definition) is 6. The van der Waals surface area contributed by atoms with Crippen molar-refractivity contribution in [3.63, 3.8) is 0 Å². The first-order valence-corrected chi connectivity index (χ1v) is 8.89.